The number of nitrogens with zero attached hydrogens (tertiary/aromatic N) is 1. The molecule has 0 spiro atoms. The van der Waals surface area contributed by atoms with E-state index in [9.17, 15) is 18.0 Å². The molecule has 0 fully saturated rings. The van der Waals surface area contributed by atoms with Gasteiger partial charge in [-0.1, -0.05) is 20.8 Å². The van der Waals surface area contributed by atoms with Crippen LogP contribution >= 0.6 is 0 Å². The molecule has 0 bridgehead atoms. The zero-order valence-corrected chi connectivity index (χ0v) is 22.0. The molecule has 1 aromatic heterocycles. The van der Waals surface area contributed by atoms with Crippen LogP contribution < -0.4 is 10.3 Å². The second-order valence-electron chi connectivity index (χ2n) is 11.2. The molecule has 4 nitrogen and oxygen atoms in total. The van der Waals surface area contributed by atoms with E-state index in [-0.39, 0.29) is 17.1 Å². The van der Waals surface area contributed by atoms with Crippen molar-refractivity contribution >= 4 is 9.04 Å². The molecule has 0 N–H and O–H groups in total. The average molecular weight is 495 g/mol. The van der Waals surface area contributed by atoms with E-state index >= 15 is 0 Å². The fourth-order valence-corrected chi connectivity index (χ4v) is 5.17. The van der Waals surface area contributed by atoms with Gasteiger partial charge in [-0.3, -0.25) is 4.79 Å². The minimum atomic E-state index is -4.47. The van der Waals surface area contributed by atoms with Crippen molar-refractivity contribution in [2.24, 2.45) is 5.41 Å². The number of hydrogen-bond donors (Lipinski definition) is 0. The lowest BCUT2D eigenvalue weighted by Crippen LogP contribution is -2.39. The van der Waals surface area contributed by atoms with Crippen LogP contribution in [0.1, 0.15) is 82.7 Å². The van der Waals surface area contributed by atoms with Crippen LogP contribution in [0.15, 0.2) is 41.3 Å². The highest BCUT2D eigenvalue weighted by atomic mass is 28.3. The summed E-state index contributed by atoms with van der Waals surface area (Å²) < 4.78 is 53.9. The number of aromatic nitrogens is 1. The van der Waals surface area contributed by atoms with Crippen molar-refractivity contribution in [1.29, 1.82) is 0 Å². The second-order valence-corrected chi connectivity index (χ2v) is 13.2. The van der Waals surface area contributed by atoms with Crippen LogP contribution in [0.3, 0.4) is 0 Å². The third-order valence-electron chi connectivity index (χ3n) is 5.98. The smallest absolute Gasteiger partial charge is 0.416 e. The molecule has 2 atom stereocenters. The lowest BCUT2D eigenvalue weighted by Gasteiger charge is -2.38. The van der Waals surface area contributed by atoms with Crippen LogP contribution in [0, 0.1) is 5.41 Å². The molecule has 0 saturated heterocycles. The van der Waals surface area contributed by atoms with Crippen molar-refractivity contribution in [3.8, 4) is 5.75 Å². The molecule has 1 radical (unpaired) electrons. The van der Waals surface area contributed by atoms with E-state index < -0.39 is 32.4 Å². The van der Waals surface area contributed by atoms with Gasteiger partial charge in [0.2, 0.25) is 9.04 Å². The Bertz CT molecular complexity index is 1070. The van der Waals surface area contributed by atoms with Gasteiger partial charge in [0.05, 0.1) is 17.7 Å². The molecule has 1 aliphatic rings. The molecule has 0 amide bonds. The molecule has 2 aromatic rings. The predicted octanol–water partition coefficient (Wildman–Crippen LogP) is 7.15. The zero-order valence-electron chi connectivity index (χ0n) is 21.0. The van der Waals surface area contributed by atoms with Crippen LogP contribution in [0.2, 0.25) is 13.1 Å². The Morgan fingerprint density at radius 1 is 1.18 bits per heavy atom. The van der Waals surface area contributed by atoms with Gasteiger partial charge < -0.3 is 13.7 Å². The predicted molar refractivity (Wildman–Crippen MR) is 130 cm³/mol. The zero-order chi connectivity index (χ0) is 25.5. The Kier molecular flexibility index (Phi) is 7.44. The molecule has 1 aliphatic heterocycles. The minimum absolute atomic E-state index is 0.137. The quantitative estimate of drug-likeness (QED) is 0.400. The Morgan fingerprint density at radius 3 is 2.41 bits per heavy atom. The van der Waals surface area contributed by atoms with Gasteiger partial charge in [-0.2, -0.15) is 13.2 Å². The van der Waals surface area contributed by atoms with E-state index in [0.717, 1.165) is 30.5 Å². The summed E-state index contributed by atoms with van der Waals surface area (Å²) >= 11 is 0. The monoisotopic (exact) mass is 494 g/mol. The van der Waals surface area contributed by atoms with Gasteiger partial charge in [-0.05, 0) is 75.0 Å². The van der Waals surface area contributed by atoms with Gasteiger partial charge in [-0.25, -0.2) is 0 Å². The normalized spacial score (nSPS) is 19.0. The first-order chi connectivity index (χ1) is 15.6. The average Bonchev–Trinajstić information content (AvgIpc) is 2.68. The van der Waals surface area contributed by atoms with Crippen molar-refractivity contribution in [3.63, 3.8) is 0 Å². The molecular formula is C26H35F3NO3Si. The number of hydrogen-bond acceptors (Lipinski definition) is 3. The molecule has 187 valence electrons. The molecule has 2 unspecified atom stereocenters. The maximum absolute atomic E-state index is 13.4. The van der Waals surface area contributed by atoms with Gasteiger partial charge in [0, 0.05) is 24.2 Å². The van der Waals surface area contributed by atoms with Crippen LogP contribution in [0.4, 0.5) is 13.2 Å². The van der Waals surface area contributed by atoms with Crippen molar-refractivity contribution in [2.45, 2.75) is 90.9 Å². The molecule has 0 saturated carbocycles. The van der Waals surface area contributed by atoms with E-state index in [1.807, 2.05) is 19.9 Å². The lowest BCUT2D eigenvalue weighted by molar-refractivity contribution is -0.137. The molecule has 2 heterocycles. The fraction of sp³-hybridized carbons (Fsp3) is 0.577. The van der Waals surface area contributed by atoms with Gasteiger partial charge in [0.1, 0.15) is 11.4 Å². The Morgan fingerprint density at radius 2 is 1.85 bits per heavy atom. The number of alkyl halides is 3. The van der Waals surface area contributed by atoms with Crippen molar-refractivity contribution in [2.75, 3.05) is 0 Å². The number of rotatable bonds is 6. The van der Waals surface area contributed by atoms with Crippen molar-refractivity contribution in [1.82, 2.24) is 4.57 Å². The van der Waals surface area contributed by atoms with Crippen molar-refractivity contribution < 1.29 is 22.3 Å². The van der Waals surface area contributed by atoms with Crippen LogP contribution in [0.25, 0.3) is 0 Å². The number of benzene rings is 1. The summed E-state index contributed by atoms with van der Waals surface area (Å²) in [7, 11) is -0.995. The third kappa shape index (κ3) is 6.53. The van der Waals surface area contributed by atoms with E-state index in [4.69, 9.17) is 9.16 Å². The van der Waals surface area contributed by atoms with E-state index in [0.29, 0.717) is 17.7 Å². The summed E-state index contributed by atoms with van der Waals surface area (Å²) in [6, 6.07) is 6.37. The van der Waals surface area contributed by atoms with Crippen LogP contribution in [-0.2, 0) is 10.6 Å². The third-order valence-corrected chi connectivity index (χ3v) is 6.74. The number of halogens is 3. The summed E-state index contributed by atoms with van der Waals surface area (Å²) in [6.07, 6.45) is -0.845. The lowest BCUT2D eigenvalue weighted by atomic mass is 9.87. The first-order valence-electron chi connectivity index (χ1n) is 11.6. The van der Waals surface area contributed by atoms with Gasteiger partial charge in [-0.15, -0.1) is 0 Å². The topological polar surface area (TPSA) is 40.5 Å². The fourth-order valence-electron chi connectivity index (χ4n) is 4.35. The highest BCUT2D eigenvalue weighted by Gasteiger charge is 2.38. The summed E-state index contributed by atoms with van der Waals surface area (Å²) in [5.74, 6) is 0.376. The summed E-state index contributed by atoms with van der Waals surface area (Å²) in [5.41, 5.74) is -0.312. The SMILES string of the molecule is C[Si](C)OC(CCC(C)(C)C)c1ccn(C2CC(C)(C)Oc3ccc(C(F)(F)F)cc32)c(=O)c1. The van der Waals surface area contributed by atoms with Gasteiger partial charge in [0.25, 0.3) is 5.56 Å². The largest absolute Gasteiger partial charge is 0.487 e. The van der Waals surface area contributed by atoms with E-state index in [2.05, 4.69) is 33.9 Å². The number of ether oxygens (including phenoxy) is 1. The summed E-state index contributed by atoms with van der Waals surface area (Å²) in [5, 5.41) is 0. The van der Waals surface area contributed by atoms with Crippen LogP contribution in [0.5, 0.6) is 5.75 Å². The Hall–Kier alpha value is -2.06. The van der Waals surface area contributed by atoms with E-state index in [1.54, 1.807) is 12.3 Å². The maximum atomic E-state index is 13.4. The van der Waals surface area contributed by atoms with Gasteiger partial charge >= 0.3 is 6.18 Å². The molecule has 1 aromatic carbocycles. The maximum Gasteiger partial charge on any atom is 0.416 e. The standard InChI is InChI=1S/C26H35F3NO3Si/c1-24(2,3)12-10-21(33-34(6)7)17-11-13-30(23(31)14-17)20-16-25(4,5)32-22-9-8-18(15-19(20)22)26(27,28)29/h8-9,11,13-15,20-21H,10,12,16H2,1-7H3. The number of pyridine rings is 1. The summed E-state index contributed by atoms with van der Waals surface area (Å²) in [6.45, 7) is 14.4. The summed E-state index contributed by atoms with van der Waals surface area (Å²) in [4.78, 5) is 13.3. The Labute approximate surface area is 201 Å². The second kappa shape index (κ2) is 9.53. The number of fused-ring (bicyclic) bond motifs is 1. The highest BCUT2D eigenvalue weighted by molar-refractivity contribution is 6.48. The molecule has 3 rings (SSSR count). The molecule has 34 heavy (non-hydrogen) atoms. The molecular weight excluding hydrogens is 459 g/mol. The van der Waals surface area contributed by atoms with E-state index in [1.165, 1.54) is 10.6 Å². The molecule has 8 heteroatoms. The minimum Gasteiger partial charge on any atom is -0.487 e. The van der Waals surface area contributed by atoms with Crippen LogP contribution in [-0.4, -0.2) is 19.2 Å². The van der Waals surface area contributed by atoms with Gasteiger partial charge in [0.15, 0.2) is 0 Å². The van der Waals surface area contributed by atoms with Crippen molar-refractivity contribution in [3.05, 3.63) is 63.6 Å². The molecule has 0 aliphatic carbocycles. The first-order valence-corrected chi connectivity index (χ1v) is 14.1. The highest BCUT2D eigenvalue weighted by Crippen LogP contribution is 2.43. The first kappa shape index (κ1) is 26.5. The Balaban J connectivity index is 2.01.